The molecule has 0 radical (unpaired) electrons. The lowest BCUT2D eigenvalue weighted by Gasteiger charge is -2.01. The topological polar surface area (TPSA) is 39.2 Å². The fourth-order valence-corrected chi connectivity index (χ4v) is 1.90. The Balaban J connectivity index is 2.09. The molecular weight excluding hydrogens is 174 g/mol. The number of nitrogens with zero attached hydrogens (tertiary/aromatic N) is 1. The molecule has 64 valence electrons. The van der Waals surface area contributed by atoms with Crippen LogP contribution in [-0.4, -0.2) is 23.4 Å². The Morgan fingerprint density at radius 2 is 2.67 bits per heavy atom. The third-order valence-electron chi connectivity index (χ3n) is 1.98. The van der Waals surface area contributed by atoms with Crippen LogP contribution in [0.1, 0.15) is 16.1 Å². The Hall–Kier alpha value is -0.740. The Kier molecular flexibility index (Phi) is 2.19. The summed E-state index contributed by atoms with van der Waals surface area (Å²) in [6.07, 6.45) is 2.52. The highest BCUT2D eigenvalue weighted by Crippen LogP contribution is 2.19. The van der Waals surface area contributed by atoms with E-state index in [9.17, 15) is 4.79 Å². The zero-order valence-corrected chi connectivity index (χ0v) is 7.34. The molecule has 3 nitrogen and oxygen atoms in total. The van der Waals surface area contributed by atoms with Gasteiger partial charge in [-0.05, 0) is 24.0 Å². The Morgan fingerprint density at radius 1 is 1.75 bits per heavy atom. The average Bonchev–Trinajstić information content (AvgIpc) is 2.77. The molecule has 1 aliphatic heterocycles. The lowest BCUT2D eigenvalue weighted by Crippen LogP contribution is -2.12. The van der Waals surface area contributed by atoms with E-state index in [1.807, 2.05) is 0 Å². The molecule has 1 aromatic heterocycles. The molecule has 0 aromatic carbocycles. The largest absolute Gasteiger partial charge is 0.381 e. The molecule has 0 spiro atoms. The standard InChI is InChI=1S/C8H9NO2S/c10-8(6-2-4-11-5-6)7-1-3-9-12-7/h1,3,6H,2,4-5H2. The quantitative estimate of drug-likeness (QED) is 0.650. The van der Waals surface area contributed by atoms with Crippen LogP contribution in [0.5, 0.6) is 0 Å². The van der Waals surface area contributed by atoms with Gasteiger partial charge in [-0.15, -0.1) is 0 Å². The number of ketones is 1. The fraction of sp³-hybridized carbons (Fsp3) is 0.500. The molecule has 1 unspecified atom stereocenters. The van der Waals surface area contributed by atoms with Crippen molar-refractivity contribution in [3.8, 4) is 0 Å². The molecule has 1 fully saturated rings. The number of ether oxygens (including phenoxy) is 1. The summed E-state index contributed by atoms with van der Waals surface area (Å²) in [7, 11) is 0. The van der Waals surface area contributed by atoms with Crippen molar-refractivity contribution in [3.05, 3.63) is 17.1 Å². The van der Waals surface area contributed by atoms with Crippen molar-refractivity contribution in [2.75, 3.05) is 13.2 Å². The smallest absolute Gasteiger partial charge is 0.179 e. The highest BCUT2D eigenvalue weighted by Gasteiger charge is 2.25. The van der Waals surface area contributed by atoms with Gasteiger partial charge in [0.15, 0.2) is 5.78 Å². The summed E-state index contributed by atoms with van der Waals surface area (Å²) in [5.74, 6) is 0.264. The van der Waals surface area contributed by atoms with Gasteiger partial charge in [0.1, 0.15) is 0 Å². The van der Waals surface area contributed by atoms with Crippen LogP contribution in [0, 0.1) is 5.92 Å². The molecule has 0 aliphatic carbocycles. The van der Waals surface area contributed by atoms with E-state index < -0.39 is 0 Å². The van der Waals surface area contributed by atoms with E-state index in [0.29, 0.717) is 6.61 Å². The summed E-state index contributed by atoms with van der Waals surface area (Å²) in [4.78, 5) is 12.4. The van der Waals surface area contributed by atoms with Crippen molar-refractivity contribution < 1.29 is 9.53 Å². The van der Waals surface area contributed by atoms with Crippen molar-refractivity contribution in [2.45, 2.75) is 6.42 Å². The van der Waals surface area contributed by atoms with E-state index in [1.54, 1.807) is 12.3 Å². The first-order valence-corrected chi connectivity index (χ1v) is 4.68. The van der Waals surface area contributed by atoms with Gasteiger partial charge in [-0.1, -0.05) is 0 Å². The van der Waals surface area contributed by atoms with Gasteiger partial charge in [0.05, 0.1) is 11.5 Å². The van der Waals surface area contributed by atoms with Gasteiger partial charge < -0.3 is 4.74 Å². The molecule has 1 saturated heterocycles. The summed E-state index contributed by atoms with van der Waals surface area (Å²) < 4.78 is 9.03. The van der Waals surface area contributed by atoms with Gasteiger partial charge in [0.2, 0.25) is 0 Å². The van der Waals surface area contributed by atoms with Gasteiger partial charge in [0, 0.05) is 18.7 Å². The number of hydrogen-bond donors (Lipinski definition) is 0. The molecule has 1 aromatic rings. The van der Waals surface area contributed by atoms with Crippen LogP contribution < -0.4 is 0 Å². The molecule has 0 saturated carbocycles. The molecule has 12 heavy (non-hydrogen) atoms. The number of aromatic nitrogens is 1. The molecular formula is C8H9NO2S. The molecule has 2 heterocycles. The van der Waals surface area contributed by atoms with Gasteiger partial charge in [0.25, 0.3) is 0 Å². The Morgan fingerprint density at radius 3 is 3.25 bits per heavy atom. The predicted octanol–water partition coefficient (Wildman–Crippen LogP) is 1.36. The minimum absolute atomic E-state index is 0.0745. The normalized spacial score (nSPS) is 22.8. The van der Waals surface area contributed by atoms with Crippen molar-refractivity contribution in [3.63, 3.8) is 0 Å². The maximum atomic E-state index is 11.6. The number of carbonyl (C=O) groups excluding carboxylic acids is 1. The SMILES string of the molecule is O=C(c1ccns1)C1CCOC1. The second kappa shape index (κ2) is 3.33. The zero-order chi connectivity index (χ0) is 8.39. The van der Waals surface area contributed by atoms with Crippen LogP contribution in [0.3, 0.4) is 0 Å². The molecule has 1 aliphatic rings. The molecule has 0 bridgehead atoms. The van der Waals surface area contributed by atoms with Crippen LogP contribution >= 0.6 is 11.5 Å². The minimum Gasteiger partial charge on any atom is -0.381 e. The lowest BCUT2D eigenvalue weighted by molar-refractivity contribution is 0.0904. The van der Waals surface area contributed by atoms with Gasteiger partial charge >= 0.3 is 0 Å². The van der Waals surface area contributed by atoms with Crippen molar-refractivity contribution in [1.29, 1.82) is 0 Å². The molecule has 1 atom stereocenters. The van der Waals surface area contributed by atoms with E-state index in [-0.39, 0.29) is 11.7 Å². The molecule has 2 rings (SSSR count). The zero-order valence-electron chi connectivity index (χ0n) is 6.53. The Bertz CT molecular complexity index is 265. The van der Waals surface area contributed by atoms with Crippen LogP contribution in [0.2, 0.25) is 0 Å². The summed E-state index contributed by atoms with van der Waals surface area (Å²) in [5.41, 5.74) is 0. The summed E-state index contributed by atoms with van der Waals surface area (Å²) >= 11 is 1.26. The molecule has 4 heteroatoms. The van der Waals surface area contributed by atoms with Gasteiger partial charge in [-0.25, -0.2) is 4.37 Å². The number of hydrogen-bond acceptors (Lipinski definition) is 4. The third kappa shape index (κ3) is 1.40. The van der Waals surface area contributed by atoms with Gasteiger partial charge in [-0.3, -0.25) is 4.79 Å². The lowest BCUT2D eigenvalue weighted by atomic mass is 10.0. The monoisotopic (exact) mass is 183 g/mol. The number of rotatable bonds is 2. The van der Waals surface area contributed by atoms with Crippen molar-refractivity contribution in [1.82, 2.24) is 4.37 Å². The van der Waals surface area contributed by atoms with Gasteiger partial charge in [-0.2, -0.15) is 0 Å². The van der Waals surface area contributed by atoms with Crippen LogP contribution in [0.25, 0.3) is 0 Å². The average molecular weight is 183 g/mol. The summed E-state index contributed by atoms with van der Waals surface area (Å²) in [5, 5.41) is 0. The van der Waals surface area contributed by atoms with E-state index >= 15 is 0 Å². The Labute approximate surface area is 74.5 Å². The van der Waals surface area contributed by atoms with Crippen LogP contribution in [-0.2, 0) is 4.74 Å². The molecule has 0 N–H and O–H groups in total. The predicted molar refractivity (Wildman–Crippen MR) is 45.4 cm³/mol. The second-order valence-electron chi connectivity index (χ2n) is 2.80. The van der Waals surface area contributed by atoms with Crippen molar-refractivity contribution in [2.24, 2.45) is 5.92 Å². The number of Topliss-reactive ketones (excluding diaryl/α,β-unsaturated/α-hetero) is 1. The van der Waals surface area contributed by atoms with E-state index in [1.165, 1.54) is 11.5 Å². The summed E-state index contributed by atoms with van der Waals surface area (Å²) in [6, 6.07) is 1.77. The fourth-order valence-electron chi connectivity index (χ4n) is 1.29. The first kappa shape index (κ1) is 7.89. The third-order valence-corrected chi connectivity index (χ3v) is 2.74. The number of carbonyl (C=O) groups is 1. The first-order chi connectivity index (χ1) is 5.88. The van der Waals surface area contributed by atoms with E-state index in [4.69, 9.17) is 4.74 Å². The minimum atomic E-state index is 0.0745. The first-order valence-electron chi connectivity index (χ1n) is 3.90. The van der Waals surface area contributed by atoms with Crippen LogP contribution in [0.4, 0.5) is 0 Å². The van der Waals surface area contributed by atoms with Crippen molar-refractivity contribution >= 4 is 17.3 Å². The van der Waals surface area contributed by atoms with Crippen LogP contribution in [0.15, 0.2) is 12.3 Å². The highest BCUT2D eigenvalue weighted by molar-refractivity contribution is 7.08. The molecule has 0 amide bonds. The maximum Gasteiger partial charge on any atom is 0.179 e. The second-order valence-corrected chi connectivity index (χ2v) is 3.63. The van der Waals surface area contributed by atoms with E-state index in [2.05, 4.69) is 4.37 Å². The van der Waals surface area contributed by atoms with E-state index in [0.717, 1.165) is 17.9 Å². The highest BCUT2D eigenvalue weighted by atomic mass is 32.1. The summed E-state index contributed by atoms with van der Waals surface area (Å²) in [6.45, 7) is 1.30. The maximum absolute atomic E-state index is 11.6.